The van der Waals surface area contributed by atoms with Crippen LogP contribution in [0, 0.1) is 17.3 Å². The summed E-state index contributed by atoms with van der Waals surface area (Å²) in [4.78, 5) is 37.0. The molecule has 1 amide bonds. The second kappa shape index (κ2) is 7.94. The van der Waals surface area contributed by atoms with Gasteiger partial charge < -0.3 is 15.1 Å². The van der Waals surface area contributed by atoms with Crippen LogP contribution < -0.4 is 5.32 Å². The van der Waals surface area contributed by atoms with Crippen molar-refractivity contribution < 1.29 is 24.6 Å². The van der Waals surface area contributed by atoms with Gasteiger partial charge in [0.15, 0.2) is 0 Å². The Morgan fingerprint density at radius 3 is 2.19 bits per heavy atom. The van der Waals surface area contributed by atoms with Crippen LogP contribution in [0.4, 0.5) is 0 Å². The van der Waals surface area contributed by atoms with Gasteiger partial charge in [0.2, 0.25) is 5.91 Å². The summed E-state index contributed by atoms with van der Waals surface area (Å²) in [5.41, 5.74) is -0.919. The maximum Gasteiger partial charge on any atom is 0.329 e. The smallest absolute Gasteiger partial charge is 0.329 e. The summed E-state index contributed by atoms with van der Waals surface area (Å²) >= 11 is 0. The number of rotatable bonds is 6. The second-order valence-electron chi connectivity index (χ2n) is 8.79. The van der Waals surface area contributed by atoms with Gasteiger partial charge in [-0.25, -0.2) is 4.79 Å². The van der Waals surface area contributed by atoms with Gasteiger partial charge in [0.25, 0.3) is 0 Å². The van der Waals surface area contributed by atoms with Crippen molar-refractivity contribution in [2.24, 2.45) is 17.3 Å². The number of hydrogen-bond donors (Lipinski definition) is 3. The zero-order chi connectivity index (χ0) is 19.5. The van der Waals surface area contributed by atoms with Crippen LogP contribution >= 0.6 is 0 Å². The van der Waals surface area contributed by atoms with E-state index in [1.165, 1.54) is 4.90 Å². The lowest BCUT2D eigenvalue weighted by atomic mass is 9.65. The molecule has 26 heavy (non-hydrogen) atoms. The fraction of sp³-hybridized carbons (Fsp3) is 0.842. The molecule has 1 aliphatic carbocycles. The highest BCUT2D eigenvalue weighted by Crippen LogP contribution is 2.47. The minimum atomic E-state index is -1.13. The molecule has 0 unspecified atom stereocenters. The van der Waals surface area contributed by atoms with Crippen molar-refractivity contribution >= 4 is 17.8 Å². The zero-order valence-corrected chi connectivity index (χ0v) is 16.1. The van der Waals surface area contributed by atoms with Crippen LogP contribution in [0.25, 0.3) is 0 Å². The van der Waals surface area contributed by atoms with Gasteiger partial charge in [-0.2, -0.15) is 0 Å². The Balaban J connectivity index is 2.11. The highest BCUT2D eigenvalue weighted by molar-refractivity contribution is 5.89. The molecule has 0 radical (unpaired) electrons. The summed E-state index contributed by atoms with van der Waals surface area (Å²) in [7, 11) is 0. The van der Waals surface area contributed by atoms with Gasteiger partial charge in [-0.1, -0.05) is 20.8 Å². The standard InChI is InChI=1S/C19H32N2O5/c1-18(2,3)13-5-7-14(8-6-13)19(17(25)26)9-4-10-21(19)15(22)11-20-12-16(23)24/h13-14,20H,4-12H2,1-3H3,(H,23,24)(H,25,26)/t13?,14?,19-/m1/s1. The number of nitrogens with zero attached hydrogens (tertiary/aromatic N) is 1. The first-order chi connectivity index (χ1) is 12.1. The number of aliphatic carboxylic acids is 2. The Labute approximate surface area is 155 Å². The van der Waals surface area contributed by atoms with E-state index in [9.17, 15) is 19.5 Å². The number of likely N-dealkylation sites (tertiary alicyclic amines) is 1. The largest absolute Gasteiger partial charge is 0.480 e. The van der Waals surface area contributed by atoms with E-state index >= 15 is 0 Å². The number of carbonyl (C=O) groups is 3. The van der Waals surface area contributed by atoms with Crippen LogP contribution in [0.5, 0.6) is 0 Å². The molecule has 7 heteroatoms. The number of carboxylic acid groups (broad SMARTS) is 2. The van der Waals surface area contributed by atoms with Crippen LogP contribution in [0.1, 0.15) is 59.3 Å². The minimum Gasteiger partial charge on any atom is -0.480 e. The van der Waals surface area contributed by atoms with Gasteiger partial charge in [0.05, 0.1) is 13.1 Å². The molecule has 1 atom stereocenters. The van der Waals surface area contributed by atoms with Gasteiger partial charge in [-0.05, 0) is 55.8 Å². The van der Waals surface area contributed by atoms with Crippen molar-refractivity contribution in [2.75, 3.05) is 19.6 Å². The number of amides is 1. The summed E-state index contributed by atoms with van der Waals surface area (Å²) in [5.74, 6) is -1.73. The van der Waals surface area contributed by atoms with Crippen molar-refractivity contribution in [3.8, 4) is 0 Å². The van der Waals surface area contributed by atoms with Gasteiger partial charge in [-0.3, -0.25) is 14.9 Å². The van der Waals surface area contributed by atoms with Crippen molar-refractivity contribution in [1.29, 1.82) is 0 Å². The molecule has 1 saturated heterocycles. The molecule has 2 rings (SSSR count). The summed E-state index contributed by atoms with van der Waals surface area (Å²) in [5, 5.41) is 21.3. The van der Waals surface area contributed by atoms with E-state index in [1.807, 2.05) is 0 Å². The van der Waals surface area contributed by atoms with Gasteiger partial charge in [0.1, 0.15) is 5.54 Å². The van der Waals surface area contributed by atoms with Crippen LogP contribution in [-0.4, -0.2) is 58.1 Å². The fourth-order valence-electron chi connectivity index (χ4n) is 4.82. The Bertz CT molecular complexity index is 549. The van der Waals surface area contributed by atoms with Gasteiger partial charge >= 0.3 is 11.9 Å². The zero-order valence-electron chi connectivity index (χ0n) is 16.1. The average molecular weight is 368 g/mol. The molecule has 1 heterocycles. The topological polar surface area (TPSA) is 107 Å². The Hall–Kier alpha value is -1.63. The van der Waals surface area contributed by atoms with E-state index in [2.05, 4.69) is 26.1 Å². The first-order valence-electron chi connectivity index (χ1n) is 9.55. The van der Waals surface area contributed by atoms with E-state index in [0.717, 1.165) is 25.7 Å². The van der Waals surface area contributed by atoms with Gasteiger partial charge in [0, 0.05) is 6.54 Å². The predicted molar refractivity (Wildman–Crippen MR) is 96.7 cm³/mol. The summed E-state index contributed by atoms with van der Waals surface area (Å²) in [6, 6.07) is 0. The lowest BCUT2D eigenvalue weighted by molar-refractivity contribution is -0.162. The lowest BCUT2D eigenvalue weighted by Crippen LogP contribution is -2.60. The van der Waals surface area contributed by atoms with E-state index in [-0.39, 0.29) is 30.3 Å². The van der Waals surface area contributed by atoms with E-state index < -0.39 is 17.5 Å². The molecule has 7 nitrogen and oxygen atoms in total. The molecular weight excluding hydrogens is 336 g/mol. The van der Waals surface area contributed by atoms with Crippen molar-refractivity contribution in [1.82, 2.24) is 10.2 Å². The third-order valence-electron chi connectivity index (χ3n) is 6.27. The maximum absolute atomic E-state index is 12.6. The molecule has 1 saturated carbocycles. The molecule has 1 aliphatic heterocycles. The van der Waals surface area contributed by atoms with Gasteiger partial charge in [-0.15, -0.1) is 0 Å². The van der Waals surface area contributed by atoms with Crippen molar-refractivity contribution in [3.63, 3.8) is 0 Å². The SMILES string of the molecule is CC(C)(C)C1CCC([C@@]2(C(=O)O)CCCN2C(=O)CNCC(=O)O)CC1. The second-order valence-corrected chi connectivity index (χ2v) is 8.79. The van der Waals surface area contributed by atoms with E-state index in [1.54, 1.807) is 0 Å². The third kappa shape index (κ3) is 4.19. The monoisotopic (exact) mass is 368 g/mol. The van der Waals surface area contributed by atoms with E-state index in [4.69, 9.17) is 5.11 Å². The molecular formula is C19H32N2O5. The summed E-state index contributed by atoms with van der Waals surface area (Å²) < 4.78 is 0. The summed E-state index contributed by atoms with van der Waals surface area (Å²) in [6.07, 6.45) is 4.78. The fourth-order valence-corrected chi connectivity index (χ4v) is 4.82. The molecule has 148 valence electrons. The maximum atomic E-state index is 12.6. The number of carboxylic acids is 2. The minimum absolute atomic E-state index is 0.0375. The first-order valence-corrected chi connectivity index (χ1v) is 9.55. The Morgan fingerprint density at radius 1 is 1.08 bits per heavy atom. The number of hydrogen-bond acceptors (Lipinski definition) is 4. The molecule has 0 aromatic heterocycles. The van der Waals surface area contributed by atoms with E-state index in [0.29, 0.717) is 25.3 Å². The molecule has 3 N–H and O–H groups in total. The van der Waals surface area contributed by atoms with Crippen LogP contribution in [0.3, 0.4) is 0 Å². The quantitative estimate of drug-likeness (QED) is 0.662. The number of carbonyl (C=O) groups excluding carboxylic acids is 1. The highest BCUT2D eigenvalue weighted by Gasteiger charge is 2.55. The number of nitrogens with one attached hydrogen (secondary N) is 1. The van der Waals surface area contributed by atoms with Crippen LogP contribution in [0.15, 0.2) is 0 Å². The first kappa shape index (κ1) is 20.7. The molecule has 2 fully saturated rings. The summed E-state index contributed by atoms with van der Waals surface area (Å²) in [6.45, 7) is 6.66. The highest BCUT2D eigenvalue weighted by atomic mass is 16.4. The molecule has 0 spiro atoms. The normalized spacial score (nSPS) is 29.6. The average Bonchev–Trinajstić information content (AvgIpc) is 3.00. The third-order valence-corrected chi connectivity index (χ3v) is 6.27. The Kier molecular flexibility index (Phi) is 6.32. The van der Waals surface area contributed by atoms with Crippen LogP contribution in [-0.2, 0) is 14.4 Å². The lowest BCUT2D eigenvalue weighted by Gasteiger charge is -2.46. The molecule has 0 aromatic carbocycles. The Morgan fingerprint density at radius 2 is 1.69 bits per heavy atom. The molecule has 0 aromatic rings. The van der Waals surface area contributed by atoms with Crippen molar-refractivity contribution in [2.45, 2.75) is 64.8 Å². The van der Waals surface area contributed by atoms with Crippen LogP contribution in [0.2, 0.25) is 0 Å². The molecule has 0 bridgehead atoms. The predicted octanol–water partition coefficient (Wildman–Crippen LogP) is 1.96. The molecule has 2 aliphatic rings. The van der Waals surface area contributed by atoms with Crippen molar-refractivity contribution in [3.05, 3.63) is 0 Å².